The van der Waals surface area contributed by atoms with E-state index in [9.17, 15) is 13.9 Å². The first-order chi connectivity index (χ1) is 15.9. The first-order valence-corrected chi connectivity index (χ1v) is 10.9. The second-order valence-electron chi connectivity index (χ2n) is 8.62. The lowest BCUT2D eigenvalue weighted by molar-refractivity contribution is 0.353. The van der Waals surface area contributed by atoms with Crippen LogP contribution >= 0.6 is 0 Å². The Labute approximate surface area is 189 Å². The van der Waals surface area contributed by atoms with Crippen LogP contribution in [-0.4, -0.2) is 38.3 Å². The van der Waals surface area contributed by atoms with Gasteiger partial charge in [0.25, 0.3) is 0 Å². The molecule has 1 aliphatic heterocycles. The molecule has 33 heavy (non-hydrogen) atoms. The zero-order valence-corrected chi connectivity index (χ0v) is 18.3. The lowest BCUT2D eigenvalue weighted by Gasteiger charge is -2.32. The Balaban J connectivity index is 1.46. The third kappa shape index (κ3) is 3.99. The van der Waals surface area contributed by atoms with E-state index in [0.29, 0.717) is 46.8 Å². The number of hydrogen-bond donors (Lipinski definition) is 1. The summed E-state index contributed by atoms with van der Waals surface area (Å²) in [5.74, 6) is 0.682. The molecule has 0 aliphatic carbocycles. The first kappa shape index (κ1) is 21.2. The monoisotopic (exact) mass is 451 g/mol. The van der Waals surface area contributed by atoms with Crippen LogP contribution in [0.3, 0.4) is 0 Å². The highest BCUT2D eigenvalue weighted by Gasteiger charge is 2.27. The molecule has 0 unspecified atom stereocenters. The maximum absolute atomic E-state index is 14.6. The maximum atomic E-state index is 14.6. The van der Waals surface area contributed by atoms with E-state index in [1.165, 1.54) is 36.7 Å². The standard InChI is InChI=1S/C24H23F2N5O2/c1-13(2)24-29-22(30-33-24)14-5-7-31(8-6-14)23-18-11-16(25)10-17(21(18)27-12-28-23)15-3-4-20(32)19(26)9-15/h3-4,9-14,32H,5-8H2,1-2H3. The molecule has 170 valence electrons. The fourth-order valence-electron chi connectivity index (χ4n) is 4.26. The van der Waals surface area contributed by atoms with Crippen LogP contribution in [0.2, 0.25) is 0 Å². The highest BCUT2D eigenvalue weighted by atomic mass is 19.1. The largest absolute Gasteiger partial charge is 0.505 e. The Hall–Kier alpha value is -3.62. The molecule has 9 heteroatoms. The lowest BCUT2D eigenvalue weighted by atomic mass is 9.95. The molecule has 0 amide bonds. The van der Waals surface area contributed by atoms with Gasteiger partial charge in [-0.05, 0) is 42.7 Å². The van der Waals surface area contributed by atoms with Crippen molar-refractivity contribution in [1.82, 2.24) is 20.1 Å². The number of phenolic OH excluding ortho intramolecular Hbond substituents is 1. The number of rotatable bonds is 4. The molecule has 0 bridgehead atoms. The zero-order chi connectivity index (χ0) is 23.1. The van der Waals surface area contributed by atoms with Crippen molar-refractivity contribution in [3.8, 4) is 16.9 Å². The predicted octanol–water partition coefficient (Wildman–Crippen LogP) is 5.17. The Morgan fingerprint density at radius 1 is 1.09 bits per heavy atom. The SMILES string of the molecule is CC(C)c1nc(C2CCN(c3ncnc4c(-c5ccc(O)c(F)c5)cc(F)cc34)CC2)no1. The summed E-state index contributed by atoms with van der Waals surface area (Å²) in [6, 6.07) is 6.69. The molecule has 1 aliphatic rings. The summed E-state index contributed by atoms with van der Waals surface area (Å²) in [6.07, 6.45) is 3.07. The molecular formula is C24H23F2N5O2. The molecule has 4 aromatic rings. The van der Waals surface area contributed by atoms with Gasteiger partial charge in [0.1, 0.15) is 18.0 Å². The number of phenols is 1. The van der Waals surface area contributed by atoms with Crippen molar-refractivity contribution < 1.29 is 18.4 Å². The van der Waals surface area contributed by atoms with Crippen molar-refractivity contribution in [2.24, 2.45) is 0 Å². The van der Waals surface area contributed by atoms with Gasteiger partial charge in [-0.2, -0.15) is 4.98 Å². The minimum atomic E-state index is -0.775. The molecule has 0 saturated carbocycles. The molecule has 1 fully saturated rings. The highest BCUT2D eigenvalue weighted by Crippen LogP contribution is 2.36. The molecule has 1 N–H and O–H groups in total. The smallest absolute Gasteiger partial charge is 0.229 e. The van der Waals surface area contributed by atoms with Crippen molar-refractivity contribution in [3.05, 3.63) is 60.0 Å². The fourth-order valence-corrected chi connectivity index (χ4v) is 4.26. The highest BCUT2D eigenvalue weighted by molar-refractivity contribution is 5.99. The second-order valence-corrected chi connectivity index (χ2v) is 8.62. The van der Waals surface area contributed by atoms with Crippen LogP contribution in [0.4, 0.5) is 14.6 Å². The van der Waals surface area contributed by atoms with Gasteiger partial charge >= 0.3 is 0 Å². The Morgan fingerprint density at radius 2 is 1.88 bits per heavy atom. The third-order valence-corrected chi connectivity index (χ3v) is 6.05. The van der Waals surface area contributed by atoms with Gasteiger partial charge in [0.15, 0.2) is 17.4 Å². The van der Waals surface area contributed by atoms with E-state index in [1.807, 2.05) is 13.8 Å². The van der Waals surface area contributed by atoms with E-state index >= 15 is 0 Å². The number of piperidine rings is 1. The zero-order valence-electron chi connectivity index (χ0n) is 18.3. The Kier molecular flexibility index (Phi) is 5.39. The number of halogens is 2. The quantitative estimate of drug-likeness (QED) is 0.458. The lowest BCUT2D eigenvalue weighted by Crippen LogP contribution is -2.34. The summed E-state index contributed by atoms with van der Waals surface area (Å²) < 4.78 is 33.9. The van der Waals surface area contributed by atoms with E-state index in [2.05, 4.69) is 25.0 Å². The first-order valence-electron chi connectivity index (χ1n) is 10.9. The number of hydrogen-bond acceptors (Lipinski definition) is 7. The van der Waals surface area contributed by atoms with E-state index in [-0.39, 0.29) is 11.8 Å². The predicted molar refractivity (Wildman–Crippen MR) is 119 cm³/mol. The summed E-state index contributed by atoms with van der Waals surface area (Å²) >= 11 is 0. The molecule has 5 rings (SSSR count). The van der Waals surface area contributed by atoms with E-state index in [4.69, 9.17) is 4.52 Å². The summed E-state index contributed by atoms with van der Waals surface area (Å²) in [5.41, 5.74) is 1.39. The summed E-state index contributed by atoms with van der Waals surface area (Å²) in [5, 5.41) is 14.2. The van der Waals surface area contributed by atoms with Crippen LogP contribution in [0.15, 0.2) is 41.2 Å². The fraction of sp³-hybridized carbons (Fsp3) is 0.333. The van der Waals surface area contributed by atoms with Gasteiger partial charge in [0.05, 0.1) is 5.52 Å². The number of aromatic hydroxyl groups is 1. The molecule has 0 atom stereocenters. The summed E-state index contributed by atoms with van der Waals surface area (Å²) in [7, 11) is 0. The number of benzene rings is 2. The van der Waals surface area contributed by atoms with Crippen molar-refractivity contribution in [2.45, 2.75) is 38.5 Å². The summed E-state index contributed by atoms with van der Waals surface area (Å²) in [6.45, 7) is 5.42. The topological polar surface area (TPSA) is 88.2 Å². The van der Waals surface area contributed by atoms with Crippen LogP contribution in [-0.2, 0) is 0 Å². The molecule has 2 aromatic carbocycles. The second kappa shape index (κ2) is 8.38. The van der Waals surface area contributed by atoms with E-state index in [1.54, 1.807) is 0 Å². The van der Waals surface area contributed by atoms with Crippen LogP contribution < -0.4 is 4.90 Å². The van der Waals surface area contributed by atoms with Gasteiger partial charge in [-0.15, -0.1) is 0 Å². The molecule has 0 spiro atoms. The van der Waals surface area contributed by atoms with Crippen LogP contribution in [0, 0.1) is 11.6 Å². The van der Waals surface area contributed by atoms with Crippen molar-refractivity contribution in [1.29, 1.82) is 0 Å². The van der Waals surface area contributed by atoms with Gasteiger partial charge in [-0.1, -0.05) is 25.1 Å². The average Bonchev–Trinajstić information content (AvgIpc) is 3.31. The van der Waals surface area contributed by atoms with Crippen LogP contribution in [0.1, 0.15) is 50.2 Å². The molecule has 7 nitrogen and oxygen atoms in total. The molecular weight excluding hydrogens is 428 g/mol. The van der Waals surface area contributed by atoms with Gasteiger partial charge in [-0.25, -0.2) is 18.7 Å². The van der Waals surface area contributed by atoms with Crippen molar-refractivity contribution >= 4 is 16.7 Å². The minimum absolute atomic E-state index is 0.185. The Bertz CT molecular complexity index is 1320. The van der Waals surface area contributed by atoms with Crippen LogP contribution in [0.25, 0.3) is 22.0 Å². The molecule has 1 saturated heterocycles. The Morgan fingerprint density at radius 3 is 2.58 bits per heavy atom. The maximum Gasteiger partial charge on any atom is 0.229 e. The molecule has 3 heterocycles. The van der Waals surface area contributed by atoms with Crippen LogP contribution in [0.5, 0.6) is 5.75 Å². The normalized spacial score (nSPS) is 15.0. The number of aromatic nitrogens is 4. The van der Waals surface area contributed by atoms with Crippen molar-refractivity contribution in [2.75, 3.05) is 18.0 Å². The molecule has 0 radical (unpaired) electrons. The number of fused-ring (bicyclic) bond motifs is 1. The number of anilines is 1. The van der Waals surface area contributed by atoms with Gasteiger partial charge < -0.3 is 14.5 Å². The van der Waals surface area contributed by atoms with Crippen molar-refractivity contribution in [3.63, 3.8) is 0 Å². The molecule has 2 aromatic heterocycles. The minimum Gasteiger partial charge on any atom is -0.505 e. The van der Waals surface area contributed by atoms with E-state index < -0.39 is 17.4 Å². The third-order valence-electron chi connectivity index (χ3n) is 6.05. The summed E-state index contributed by atoms with van der Waals surface area (Å²) in [4.78, 5) is 15.4. The van der Waals surface area contributed by atoms with Gasteiger partial charge in [0, 0.05) is 35.9 Å². The van der Waals surface area contributed by atoms with E-state index in [0.717, 1.165) is 18.7 Å². The average molecular weight is 451 g/mol. The van der Waals surface area contributed by atoms with Gasteiger partial charge in [-0.3, -0.25) is 0 Å². The number of nitrogens with zero attached hydrogens (tertiary/aromatic N) is 5. The van der Waals surface area contributed by atoms with Gasteiger partial charge in [0.2, 0.25) is 5.89 Å².